The summed E-state index contributed by atoms with van der Waals surface area (Å²) in [4.78, 5) is 26.3. The van der Waals surface area contributed by atoms with Gasteiger partial charge in [-0.25, -0.2) is 9.59 Å². The van der Waals surface area contributed by atoms with Crippen molar-refractivity contribution in [2.24, 2.45) is 0 Å². The second-order valence-electron chi connectivity index (χ2n) is 6.15. The number of carboxylic acids is 1. The van der Waals surface area contributed by atoms with Crippen LogP contribution in [0.25, 0.3) is 0 Å². The third-order valence-electron chi connectivity index (χ3n) is 4.87. The number of ether oxygens (including phenoxy) is 1. The van der Waals surface area contributed by atoms with Crippen molar-refractivity contribution in [3.05, 3.63) is 34.9 Å². The van der Waals surface area contributed by atoms with Crippen molar-refractivity contribution in [2.45, 2.75) is 43.4 Å². The van der Waals surface area contributed by atoms with Crippen LogP contribution in [0, 0.1) is 0 Å². The fraction of sp³-hybridized carbons (Fsp3) is 0.500. The largest absolute Gasteiger partial charge is 0.478 e. The summed E-state index contributed by atoms with van der Waals surface area (Å²) in [5, 5.41) is 10.2. The Labute approximate surface area is 146 Å². The van der Waals surface area contributed by atoms with E-state index in [2.05, 4.69) is 4.90 Å². The summed E-state index contributed by atoms with van der Waals surface area (Å²) in [6.45, 7) is 0. The van der Waals surface area contributed by atoms with Crippen LogP contribution in [0.5, 0.6) is 0 Å². The molecule has 0 aliphatic carbocycles. The molecule has 0 amide bonds. The van der Waals surface area contributed by atoms with E-state index in [1.54, 1.807) is 24.3 Å². The molecule has 2 bridgehead atoms. The van der Waals surface area contributed by atoms with E-state index in [9.17, 15) is 14.7 Å². The number of rotatable bonds is 3. The zero-order valence-corrected chi connectivity index (χ0v) is 14.3. The number of nitrogens with zero attached hydrogens (tertiary/aromatic N) is 1. The van der Waals surface area contributed by atoms with Gasteiger partial charge in [-0.3, -0.25) is 0 Å². The van der Waals surface area contributed by atoms with Crippen molar-refractivity contribution >= 4 is 35.9 Å². The van der Waals surface area contributed by atoms with E-state index in [1.165, 1.54) is 0 Å². The van der Waals surface area contributed by atoms with E-state index in [1.807, 2.05) is 7.05 Å². The van der Waals surface area contributed by atoms with Gasteiger partial charge in [-0.1, -0.05) is 11.6 Å². The number of carbonyl (C=O) groups is 2. The standard InChI is InChI=1S/C16H18ClNO4.ClH/c1-18-12-6-7-13(18)9-16(8-12,15(20)21)22-14(19)10-2-4-11(17)5-3-10;/h2-5,12-13H,6-9H2,1H3,(H,20,21);1H. The van der Waals surface area contributed by atoms with Crippen LogP contribution in [0.15, 0.2) is 24.3 Å². The summed E-state index contributed by atoms with van der Waals surface area (Å²) in [5.41, 5.74) is -1.11. The lowest BCUT2D eigenvalue weighted by Crippen LogP contribution is -2.55. The van der Waals surface area contributed by atoms with Gasteiger partial charge in [0.05, 0.1) is 5.56 Å². The van der Waals surface area contributed by atoms with E-state index in [-0.39, 0.29) is 24.5 Å². The normalized spacial score (nSPS) is 29.7. The summed E-state index contributed by atoms with van der Waals surface area (Å²) >= 11 is 5.80. The van der Waals surface area contributed by atoms with Crippen LogP contribution in [-0.2, 0) is 9.53 Å². The van der Waals surface area contributed by atoms with Crippen molar-refractivity contribution in [3.8, 4) is 0 Å². The minimum absolute atomic E-state index is 0. The average molecular weight is 360 g/mol. The van der Waals surface area contributed by atoms with Gasteiger partial charge >= 0.3 is 11.9 Å². The first kappa shape index (κ1) is 18.0. The van der Waals surface area contributed by atoms with E-state index < -0.39 is 17.5 Å². The fourth-order valence-electron chi connectivity index (χ4n) is 3.55. The predicted molar refractivity (Wildman–Crippen MR) is 88.3 cm³/mol. The number of hydrogen-bond donors (Lipinski definition) is 1. The van der Waals surface area contributed by atoms with Gasteiger partial charge in [0, 0.05) is 29.9 Å². The van der Waals surface area contributed by atoms with Gasteiger partial charge in [0.1, 0.15) is 0 Å². The molecule has 0 radical (unpaired) electrons. The lowest BCUT2D eigenvalue weighted by molar-refractivity contribution is -0.167. The van der Waals surface area contributed by atoms with Gasteiger partial charge in [-0.2, -0.15) is 0 Å². The molecule has 2 fully saturated rings. The maximum absolute atomic E-state index is 12.3. The first-order chi connectivity index (χ1) is 10.4. The highest BCUT2D eigenvalue weighted by Crippen LogP contribution is 2.42. The number of hydrogen-bond acceptors (Lipinski definition) is 4. The number of halogens is 2. The summed E-state index contributed by atoms with van der Waals surface area (Å²) in [7, 11) is 2.01. The van der Waals surface area contributed by atoms with Gasteiger partial charge < -0.3 is 14.7 Å². The van der Waals surface area contributed by atoms with Crippen LogP contribution < -0.4 is 0 Å². The fourth-order valence-corrected chi connectivity index (χ4v) is 3.68. The molecular formula is C16H19Cl2NO4. The van der Waals surface area contributed by atoms with E-state index in [0.29, 0.717) is 23.4 Å². The van der Waals surface area contributed by atoms with Crippen molar-refractivity contribution in [2.75, 3.05) is 7.05 Å². The van der Waals surface area contributed by atoms with E-state index in [0.717, 1.165) is 12.8 Å². The monoisotopic (exact) mass is 359 g/mol. The number of fused-ring (bicyclic) bond motifs is 2. The molecule has 3 rings (SSSR count). The van der Waals surface area contributed by atoms with Gasteiger partial charge in [0.15, 0.2) is 0 Å². The molecule has 2 saturated heterocycles. The molecule has 126 valence electrons. The van der Waals surface area contributed by atoms with Crippen LogP contribution in [-0.4, -0.2) is 46.7 Å². The highest BCUT2D eigenvalue weighted by atomic mass is 35.5. The number of aliphatic carboxylic acids is 1. The second-order valence-corrected chi connectivity index (χ2v) is 6.59. The minimum atomic E-state index is -1.42. The first-order valence-electron chi connectivity index (χ1n) is 7.35. The van der Waals surface area contributed by atoms with Crippen LogP contribution in [0.3, 0.4) is 0 Å². The van der Waals surface area contributed by atoms with Crippen molar-refractivity contribution < 1.29 is 19.4 Å². The molecule has 23 heavy (non-hydrogen) atoms. The van der Waals surface area contributed by atoms with Crippen LogP contribution in [0.2, 0.25) is 5.02 Å². The Hall–Kier alpha value is -1.30. The number of esters is 1. The summed E-state index contributed by atoms with van der Waals surface area (Å²) in [5.74, 6) is -1.66. The van der Waals surface area contributed by atoms with Crippen LogP contribution in [0.4, 0.5) is 0 Å². The quantitative estimate of drug-likeness (QED) is 0.840. The number of carbonyl (C=O) groups excluding carboxylic acids is 1. The third kappa shape index (κ3) is 3.32. The smallest absolute Gasteiger partial charge is 0.348 e. The zero-order chi connectivity index (χ0) is 15.9. The Morgan fingerprint density at radius 1 is 1.22 bits per heavy atom. The molecule has 1 aromatic carbocycles. The molecular weight excluding hydrogens is 341 g/mol. The topological polar surface area (TPSA) is 66.8 Å². The molecule has 2 atom stereocenters. The Bertz CT molecular complexity index is 591. The molecule has 2 unspecified atom stereocenters. The molecule has 2 aliphatic heterocycles. The van der Waals surface area contributed by atoms with Gasteiger partial charge in [-0.05, 0) is 44.2 Å². The van der Waals surface area contributed by atoms with E-state index >= 15 is 0 Å². The Morgan fingerprint density at radius 2 is 1.74 bits per heavy atom. The molecule has 2 heterocycles. The van der Waals surface area contributed by atoms with Gasteiger partial charge in [-0.15, -0.1) is 12.4 Å². The van der Waals surface area contributed by atoms with Crippen LogP contribution >= 0.6 is 24.0 Å². The van der Waals surface area contributed by atoms with Gasteiger partial charge in [0.2, 0.25) is 5.60 Å². The highest BCUT2D eigenvalue weighted by Gasteiger charge is 2.54. The van der Waals surface area contributed by atoms with Crippen LogP contribution in [0.1, 0.15) is 36.0 Å². The third-order valence-corrected chi connectivity index (χ3v) is 5.13. The molecule has 2 aliphatic rings. The molecule has 0 saturated carbocycles. The Balaban J connectivity index is 0.00000192. The maximum Gasteiger partial charge on any atom is 0.348 e. The molecule has 7 heteroatoms. The number of piperidine rings is 1. The maximum atomic E-state index is 12.3. The molecule has 0 aromatic heterocycles. The molecule has 1 N–H and O–H groups in total. The van der Waals surface area contributed by atoms with E-state index in [4.69, 9.17) is 16.3 Å². The molecule has 1 aromatic rings. The second kappa shape index (κ2) is 6.67. The average Bonchev–Trinajstić information content (AvgIpc) is 2.71. The van der Waals surface area contributed by atoms with Gasteiger partial charge in [0.25, 0.3) is 0 Å². The van der Waals surface area contributed by atoms with Crippen molar-refractivity contribution in [3.63, 3.8) is 0 Å². The minimum Gasteiger partial charge on any atom is -0.478 e. The summed E-state index contributed by atoms with van der Waals surface area (Å²) in [6, 6.07) is 6.59. The molecule has 0 spiro atoms. The Kier molecular flexibility index (Phi) is 5.23. The lowest BCUT2D eigenvalue weighted by atomic mass is 9.86. The van der Waals surface area contributed by atoms with Crippen molar-refractivity contribution in [1.29, 1.82) is 0 Å². The predicted octanol–water partition coefficient (Wildman–Crippen LogP) is 3.00. The Morgan fingerprint density at radius 3 is 2.22 bits per heavy atom. The zero-order valence-electron chi connectivity index (χ0n) is 12.7. The van der Waals surface area contributed by atoms with Crippen molar-refractivity contribution in [1.82, 2.24) is 4.90 Å². The molecule has 5 nitrogen and oxygen atoms in total. The first-order valence-corrected chi connectivity index (χ1v) is 7.73. The summed E-state index contributed by atoms with van der Waals surface area (Å²) in [6.07, 6.45) is 2.59. The lowest BCUT2D eigenvalue weighted by Gasteiger charge is -2.41. The highest BCUT2D eigenvalue weighted by molar-refractivity contribution is 6.30. The SMILES string of the molecule is CN1C2CCC1CC(OC(=O)c1ccc(Cl)cc1)(C(=O)O)C2.Cl. The summed E-state index contributed by atoms with van der Waals surface area (Å²) < 4.78 is 5.49. The number of carboxylic acid groups (broad SMARTS) is 1. The number of benzene rings is 1.